The van der Waals surface area contributed by atoms with E-state index in [1.165, 1.54) is 0 Å². The lowest BCUT2D eigenvalue weighted by molar-refractivity contribution is -0.141. The third-order valence-electron chi connectivity index (χ3n) is 6.00. The van der Waals surface area contributed by atoms with Gasteiger partial charge in [-0.05, 0) is 55.4 Å². The number of rotatable bonds is 5. The second-order valence-corrected chi connectivity index (χ2v) is 9.70. The van der Waals surface area contributed by atoms with Crippen molar-refractivity contribution in [3.63, 3.8) is 0 Å². The van der Waals surface area contributed by atoms with E-state index in [0.717, 1.165) is 36.8 Å². The highest BCUT2D eigenvalue weighted by molar-refractivity contribution is 7.89. The van der Waals surface area contributed by atoms with Crippen LogP contribution < -0.4 is 0 Å². The van der Waals surface area contributed by atoms with Gasteiger partial charge in [-0.25, -0.2) is 8.42 Å². The minimum Gasteiger partial charge on any atom is -0.383 e. The van der Waals surface area contributed by atoms with E-state index in [-0.39, 0.29) is 18.1 Å². The number of carbonyl (C=O) groups excluding carboxylic acids is 1. The molecule has 28 heavy (non-hydrogen) atoms. The van der Waals surface area contributed by atoms with Crippen LogP contribution in [0.15, 0.2) is 23.1 Å². The molecule has 2 saturated heterocycles. The van der Waals surface area contributed by atoms with Crippen LogP contribution in [0.5, 0.6) is 0 Å². The highest BCUT2D eigenvalue weighted by Gasteiger charge is 2.36. The minimum atomic E-state index is -3.53. The molecule has 1 amide bonds. The number of benzene rings is 1. The van der Waals surface area contributed by atoms with Crippen LogP contribution in [0.4, 0.5) is 0 Å². The Hall–Kier alpha value is -1.48. The maximum absolute atomic E-state index is 13.1. The summed E-state index contributed by atoms with van der Waals surface area (Å²) < 4.78 is 38.6. The fourth-order valence-electron chi connectivity index (χ4n) is 4.47. The molecule has 3 heterocycles. The topological polar surface area (TPSA) is 76.2 Å². The van der Waals surface area contributed by atoms with Crippen molar-refractivity contribution in [2.24, 2.45) is 0 Å². The van der Waals surface area contributed by atoms with Crippen molar-refractivity contribution in [3.8, 4) is 0 Å². The van der Waals surface area contributed by atoms with Crippen molar-refractivity contribution in [2.75, 3.05) is 33.4 Å². The summed E-state index contributed by atoms with van der Waals surface area (Å²) in [7, 11) is -1.93. The second kappa shape index (κ2) is 8.10. The number of fused-ring (bicyclic) bond motifs is 1. The standard InChI is InChI=1S/C20H28N2O5S/c1-26-14-17-4-2-9-22(17)28(24,25)18-7-6-16-13-21(10-8-15(16)12-18)20(23)19-5-3-11-27-19/h6-7,12,17,19H,2-5,8-11,13-14H2,1H3. The molecular weight excluding hydrogens is 380 g/mol. The summed E-state index contributed by atoms with van der Waals surface area (Å²) in [6, 6.07) is 5.24. The molecular formula is C20H28N2O5S. The largest absolute Gasteiger partial charge is 0.383 e. The molecule has 2 atom stereocenters. The molecule has 0 bridgehead atoms. The van der Waals surface area contributed by atoms with Crippen LogP contribution in [0, 0.1) is 0 Å². The van der Waals surface area contributed by atoms with Crippen molar-refractivity contribution in [1.82, 2.24) is 9.21 Å². The summed E-state index contributed by atoms with van der Waals surface area (Å²) in [6.45, 7) is 2.74. The van der Waals surface area contributed by atoms with Crippen LogP contribution in [0.25, 0.3) is 0 Å². The van der Waals surface area contributed by atoms with Crippen LogP contribution in [0.2, 0.25) is 0 Å². The van der Waals surface area contributed by atoms with E-state index in [1.807, 2.05) is 11.0 Å². The molecule has 3 aliphatic heterocycles. The van der Waals surface area contributed by atoms with Crippen molar-refractivity contribution >= 4 is 15.9 Å². The Morgan fingerprint density at radius 1 is 1.21 bits per heavy atom. The maximum Gasteiger partial charge on any atom is 0.252 e. The zero-order valence-electron chi connectivity index (χ0n) is 16.3. The number of amides is 1. The lowest BCUT2D eigenvalue weighted by atomic mass is 9.99. The van der Waals surface area contributed by atoms with Crippen LogP contribution in [0.1, 0.15) is 36.8 Å². The third-order valence-corrected chi connectivity index (χ3v) is 7.94. The van der Waals surface area contributed by atoms with Crippen molar-refractivity contribution < 1.29 is 22.7 Å². The zero-order valence-corrected chi connectivity index (χ0v) is 17.1. The number of ether oxygens (including phenoxy) is 2. The van der Waals surface area contributed by atoms with Crippen LogP contribution in [-0.4, -0.2) is 69.1 Å². The molecule has 0 aromatic heterocycles. The molecule has 7 nitrogen and oxygen atoms in total. The highest BCUT2D eigenvalue weighted by Crippen LogP contribution is 2.29. The average molecular weight is 409 g/mol. The first kappa shape index (κ1) is 19.8. The van der Waals surface area contributed by atoms with E-state index in [2.05, 4.69) is 0 Å². The number of sulfonamides is 1. The lowest BCUT2D eigenvalue weighted by Crippen LogP contribution is -2.42. The molecule has 8 heteroatoms. The molecule has 0 saturated carbocycles. The SMILES string of the molecule is COCC1CCCN1S(=O)(=O)c1ccc2c(c1)CCN(C(=O)C1CCCO1)C2. The number of methoxy groups -OCH3 is 1. The third kappa shape index (κ3) is 3.70. The van der Waals surface area contributed by atoms with E-state index in [4.69, 9.17) is 9.47 Å². The Balaban J connectivity index is 1.51. The first-order chi connectivity index (χ1) is 13.5. The molecule has 0 aliphatic carbocycles. The van der Waals surface area contributed by atoms with Crippen LogP contribution in [-0.2, 0) is 37.3 Å². The zero-order chi connectivity index (χ0) is 19.7. The van der Waals surface area contributed by atoms with Crippen LogP contribution >= 0.6 is 0 Å². The van der Waals surface area contributed by atoms with E-state index >= 15 is 0 Å². The molecule has 2 unspecified atom stereocenters. The van der Waals surface area contributed by atoms with Gasteiger partial charge in [0, 0.05) is 39.4 Å². The first-order valence-corrected chi connectivity index (χ1v) is 11.5. The van der Waals surface area contributed by atoms with Gasteiger partial charge in [0.1, 0.15) is 6.10 Å². The molecule has 4 rings (SSSR count). The molecule has 0 radical (unpaired) electrons. The van der Waals surface area contributed by atoms with Gasteiger partial charge >= 0.3 is 0 Å². The molecule has 1 aromatic rings. The molecule has 3 aliphatic rings. The smallest absolute Gasteiger partial charge is 0.252 e. The van der Waals surface area contributed by atoms with Crippen molar-refractivity contribution in [1.29, 1.82) is 0 Å². The van der Waals surface area contributed by atoms with E-state index in [0.29, 0.717) is 44.2 Å². The summed E-state index contributed by atoms with van der Waals surface area (Å²) >= 11 is 0. The number of hydrogen-bond acceptors (Lipinski definition) is 5. The normalized spacial score (nSPS) is 25.8. The average Bonchev–Trinajstić information content (AvgIpc) is 3.39. The monoisotopic (exact) mass is 408 g/mol. The molecule has 2 fully saturated rings. The van der Waals surface area contributed by atoms with E-state index in [1.54, 1.807) is 23.5 Å². The Morgan fingerprint density at radius 3 is 2.82 bits per heavy atom. The van der Waals surface area contributed by atoms with Crippen molar-refractivity contribution in [3.05, 3.63) is 29.3 Å². The lowest BCUT2D eigenvalue weighted by Gasteiger charge is -2.31. The number of nitrogens with zero attached hydrogens (tertiary/aromatic N) is 2. The van der Waals surface area contributed by atoms with Gasteiger partial charge in [-0.2, -0.15) is 4.31 Å². The van der Waals surface area contributed by atoms with Gasteiger partial charge < -0.3 is 14.4 Å². The van der Waals surface area contributed by atoms with E-state index in [9.17, 15) is 13.2 Å². The summed E-state index contributed by atoms with van der Waals surface area (Å²) in [5, 5.41) is 0. The van der Waals surface area contributed by atoms with Gasteiger partial charge in [0.05, 0.1) is 11.5 Å². The quantitative estimate of drug-likeness (QED) is 0.739. The Morgan fingerprint density at radius 2 is 2.07 bits per heavy atom. The fourth-order valence-corrected chi connectivity index (χ4v) is 6.20. The first-order valence-electron chi connectivity index (χ1n) is 10.0. The van der Waals surface area contributed by atoms with Gasteiger partial charge in [-0.3, -0.25) is 4.79 Å². The summed E-state index contributed by atoms with van der Waals surface area (Å²) in [5.41, 5.74) is 2.03. The van der Waals surface area contributed by atoms with Crippen LogP contribution in [0.3, 0.4) is 0 Å². The van der Waals surface area contributed by atoms with Gasteiger partial charge in [-0.1, -0.05) is 6.07 Å². The summed E-state index contributed by atoms with van der Waals surface area (Å²) in [5.74, 6) is 0.0549. The number of carbonyl (C=O) groups is 1. The summed E-state index contributed by atoms with van der Waals surface area (Å²) in [4.78, 5) is 14.8. The Bertz CT molecular complexity index is 835. The predicted octanol–water partition coefficient (Wildman–Crippen LogP) is 1.55. The van der Waals surface area contributed by atoms with Gasteiger partial charge in [0.2, 0.25) is 10.0 Å². The molecule has 154 valence electrons. The molecule has 0 spiro atoms. The summed E-state index contributed by atoms with van der Waals surface area (Å²) in [6.07, 6.45) is 3.77. The Labute approximate surface area is 166 Å². The van der Waals surface area contributed by atoms with Gasteiger partial charge in [-0.15, -0.1) is 0 Å². The number of hydrogen-bond donors (Lipinski definition) is 0. The van der Waals surface area contributed by atoms with Gasteiger partial charge in [0.15, 0.2) is 0 Å². The Kier molecular flexibility index (Phi) is 5.73. The van der Waals surface area contributed by atoms with Gasteiger partial charge in [0.25, 0.3) is 5.91 Å². The van der Waals surface area contributed by atoms with E-state index < -0.39 is 10.0 Å². The highest BCUT2D eigenvalue weighted by atomic mass is 32.2. The molecule has 0 N–H and O–H groups in total. The predicted molar refractivity (Wildman–Crippen MR) is 103 cm³/mol. The maximum atomic E-state index is 13.1. The minimum absolute atomic E-state index is 0.0549. The molecule has 1 aromatic carbocycles. The fraction of sp³-hybridized carbons (Fsp3) is 0.650. The second-order valence-electron chi connectivity index (χ2n) is 7.81. The van der Waals surface area contributed by atoms with Crippen molar-refractivity contribution in [2.45, 2.75) is 55.7 Å².